The van der Waals surface area contributed by atoms with Crippen LogP contribution >= 0.6 is 11.8 Å². The van der Waals surface area contributed by atoms with E-state index in [-0.39, 0.29) is 5.91 Å². The number of aromatic nitrogens is 2. The fourth-order valence-corrected chi connectivity index (χ4v) is 4.37. The Hall–Kier alpha value is -1.01. The monoisotopic (exact) mass is 296 g/mol. The summed E-state index contributed by atoms with van der Waals surface area (Å²) in [6, 6.07) is 2.10. The molecule has 1 aromatic rings. The molecule has 1 saturated carbocycles. The van der Waals surface area contributed by atoms with E-state index in [2.05, 4.69) is 16.5 Å². The van der Waals surface area contributed by atoms with Gasteiger partial charge in [-0.25, -0.2) is 0 Å². The van der Waals surface area contributed by atoms with Crippen molar-refractivity contribution in [1.29, 1.82) is 0 Å². The largest absolute Gasteiger partial charge is 0.368 e. The summed E-state index contributed by atoms with van der Waals surface area (Å²) in [6.45, 7) is 2.00. The Kier molecular flexibility index (Phi) is 4.75. The zero-order valence-electron chi connectivity index (χ0n) is 12.5. The van der Waals surface area contributed by atoms with Crippen molar-refractivity contribution in [2.45, 2.75) is 43.2 Å². The van der Waals surface area contributed by atoms with Crippen molar-refractivity contribution in [3.05, 3.63) is 11.8 Å². The Morgan fingerprint density at radius 2 is 2.45 bits per heavy atom. The zero-order valence-corrected chi connectivity index (χ0v) is 13.3. The van der Waals surface area contributed by atoms with Crippen LogP contribution in [0.1, 0.15) is 31.4 Å². The summed E-state index contributed by atoms with van der Waals surface area (Å²) in [6.07, 6.45) is 4.01. The molecule has 20 heavy (non-hydrogen) atoms. The molecular weight excluding hydrogens is 272 g/mol. The van der Waals surface area contributed by atoms with E-state index in [1.54, 1.807) is 11.8 Å². The fourth-order valence-electron chi connectivity index (χ4n) is 3.27. The van der Waals surface area contributed by atoms with Crippen molar-refractivity contribution in [3.8, 4) is 0 Å². The van der Waals surface area contributed by atoms with Gasteiger partial charge in [0.2, 0.25) is 5.91 Å². The van der Waals surface area contributed by atoms with Gasteiger partial charge in [-0.1, -0.05) is 6.42 Å². The molecule has 2 unspecified atom stereocenters. The highest BCUT2D eigenvalue weighted by Gasteiger charge is 2.45. The first-order valence-corrected chi connectivity index (χ1v) is 8.10. The minimum absolute atomic E-state index is 0.205. The Morgan fingerprint density at radius 1 is 1.70 bits per heavy atom. The number of nitrogens with zero attached hydrogens (tertiary/aromatic N) is 2. The highest BCUT2D eigenvalue weighted by atomic mass is 32.2. The predicted molar refractivity (Wildman–Crippen MR) is 81.6 cm³/mol. The maximum Gasteiger partial charge on any atom is 0.238 e. The zero-order chi connectivity index (χ0) is 14.8. The normalized spacial score (nSPS) is 26.1. The van der Waals surface area contributed by atoms with Gasteiger partial charge >= 0.3 is 0 Å². The average molecular weight is 296 g/mol. The van der Waals surface area contributed by atoms with E-state index in [4.69, 9.17) is 5.73 Å². The smallest absolute Gasteiger partial charge is 0.238 e. The quantitative estimate of drug-likeness (QED) is 0.779. The number of thioether (sulfide) groups is 1. The SMILES string of the molecule is CNC1(C(N)=O)CCCC1CCSc1cc(C)nn1C. The number of amides is 1. The van der Waals surface area contributed by atoms with Gasteiger partial charge in [-0.3, -0.25) is 9.48 Å². The Bertz CT molecular complexity index is 488. The Balaban J connectivity index is 1.93. The fraction of sp³-hybridized carbons (Fsp3) is 0.714. The summed E-state index contributed by atoms with van der Waals surface area (Å²) in [5.41, 5.74) is 6.16. The van der Waals surface area contributed by atoms with Crippen LogP contribution in [0, 0.1) is 12.8 Å². The molecule has 0 bridgehead atoms. The molecule has 1 heterocycles. The van der Waals surface area contributed by atoms with Crippen LogP contribution in [0.5, 0.6) is 0 Å². The molecule has 1 aromatic heterocycles. The molecular formula is C14H24N4OS. The molecule has 0 aliphatic heterocycles. The summed E-state index contributed by atoms with van der Waals surface area (Å²) >= 11 is 1.80. The van der Waals surface area contributed by atoms with Crippen LogP contribution in [0.15, 0.2) is 11.1 Å². The Morgan fingerprint density at radius 3 is 3.00 bits per heavy atom. The molecule has 0 spiro atoms. The first-order valence-electron chi connectivity index (χ1n) is 7.12. The molecule has 1 aliphatic carbocycles. The van der Waals surface area contributed by atoms with E-state index in [0.717, 1.165) is 37.1 Å². The molecule has 112 valence electrons. The van der Waals surface area contributed by atoms with E-state index in [1.165, 1.54) is 5.03 Å². The number of likely N-dealkylation sites (N-methyl/N-ethyl adjacent to an activating group) is 1. The number of carbonyl (C=O) groups excluding carboxylic acids is 1. The minimum Gasteiger partial charge on any atom is -0.368 e. The highest BCUT2D eigenvalue weighted by molar-refractivity contribution is 7.99. The maximum absolute atomic E-state index is 11.8. The highest BCUT2D eigenvalue weighted by Crippen LogP contribution is 2.38. The molecule has 2 atom stereocenters. The number of nitrogens with two attached hydrogens (primary N) is 1. The summed E-state index contributed by atoms with van der Waals surface area (Å²) in [5.74, 6) is 1.12. The molecule has 5 nitrogen and oxygen atoms in total. The number of hydrogen-bond acceptors (Lipinski definition) is 4. The number of rotatable bonds is 6. The first-order chi connectivity index (χ1) is 9.49. The molecule has 0 saturated heterocycles. The van der Waals surface area contributed by atoms with Gasteiger partial charge in [0.05, 0.1) is 10.7 Å². The second kappa shape index (κ2) is 6.18. The van der Waals surface area contributed by atoms with Crippen LogP contribution in [-0.4, -0.2) is 34.0 Å². The molecule has 3 N–H and O–H groups in total. The molecule has 6 heteroatoms. The van der Waals surface area contributed by atoms with Gasteiger partial charge in [0.25, 0.3) is 0 Å². The van der Waals surface area contributed by atoms with E-state index in [0.29, 0.717) is 5.92 Å². The van der Waals surface area contributed by atoms with Crippen molar-refractivity contribution in [2.24, 2.45) is 18.7 Å². The predicted octanol–water partition coefficient (Wildman–Crippen LogP) is 1.45. The van der Waals surface area contributed by atoms with Gasteiger partial charge in [0.1, 0.15) is 5.54 Å². The summed E-state index contributed by atoms with van der Waals surface area (Å²) < 4.78 is 1.91. The molecule has 2 rings (SSSR count). The third kappa shape index (κ3) is 2.86. The van der Waals surface area contributed by atoms with Crippen LogP contribution in [0.4, 0.5) is 0 Å². The minimum atomic E-state index is -0.497. The number of nitrogens with one attached hydrogen (secondary N) is 1. The van der Waals surface area contributed by atoms with Gasteiger partial charge in [-0.15, -0.1) is 11.8 Å². The van der Waals surface area contributed by atoms with Crippen LogP contribution in [-0.2, 0) is 11.8 Å². The summed E-state index contributed by atoms with van der Waals surface area (Å²) in [4.78, 5) is 11.8. The number of aryl methyl sites for hydroxylation is 2. The van der Waals surface area contributed by atoms with Crippen molar-refractivity contribution in [1.82, 2.24) is 15.1 Å². The third-order valence-corrected chi connectivity index (χ3v) is 5.50. The molecule has 0 radical (unpaired) electrons. The van der Waals surface area contributed by atoms with E-state index >= 15 is 0 Å². The lowest BCUT2D eigenvalue weighted by molar-refractivity contribution is -0.125. The first kappa shape index (κ1) is 15.4. The second-order valence-corrected chi connectivity index (χ2v) is 6.67. The van der Waals surface area contributed by atoms with Crippen LogP contribution in [0.2, 0.25) is 0 Å². The lowest BCUT2D eigenvalue weighted by Gasteiger charge is -2.32. The topological polar surface area (TPSA) is 72.9 Å². The van der Waals surface area contributed by atoms with Gasteiger partial charge in [0, 0.05) is 7.05 Å². The average Bonchev–Trinajstić information content (AvgIpc) is 2.94. The van der Waals surface area contributed by atoms with Crippen molar-refractivity contribution in [2.75, 3.05) is 12.8 Å². The Labute approximate surface area is 124 Å². The van der Waals surface area contributed by atoms with Gasteiger partial charge in [-0.05, 0) is 51.0 Å². The van der Waals surface area contributed by atoms with E-state index in [9.17, 15) is 4.79 Å². The van der Waals surface area contributed by atoms with Gasteiger partial charge in [-0.2, -0.15) is 5.10 Å². The molecule has 1 aliphatic rings. The van der Waals surface area contributed by atoms with Gasteiger partial charge in [0.15, 0.2) is 0 Å². The lowest BCUT2D eigenvalue weighted by Crippen LogP contribution is -2.56. The lowest BCUT2D eigenvalue weighted by atomic mass is 9.84. The van der Waals surface area contributed by atoms with Crippen molar-refractivity contribution in [3.63, 3.8) is 0 Å². The standard InChI is InChI=1S/C14H24N4OS/c1-10-9-12(18(3)17-10)20-8-6-11-5-4-7-14(11,16-2)13(15)19/h9,11,16H,4-8H2,1-3H3,(H2,15,19). The van der Waals surface area contributed by atoms with Gasteiger partial charge < -0.3 is 11.1 Å². The van der Waals surface area contributed by atoms with Crippen LogP contribution in [0.25, 0.3) is 0 Å². The molecule has 1 fully saturated rings. The number of hydrogen-bond donors (Lipinski definition) is 2. The van der Waals surface area contributed by atoms with Crippen molar-refractivity contribution < 1.29 is 4.79 Å². The van der Waals surface area contributed by atoms with Crippen LogP contribution < -0.4 is 11.1 Å². The molecule has 1 amide bonds. The second-order valence-electron chi connectivity index (χ2n) is 5.56. The summed E-state index contributed by atoms with van der Waals surface area (Å²) in [5, 5.41) is 8.71. The third-order valence-electron chi connectivity index (χ3n) is 4.38. The van der Waals surface area contributed by atoms with E-state index in [1.807, 2.05) is 25.7 Å². The molecule has 0 aromatic carbocycles. The maximum atomic E-state index is 11.8. The van der Waals surface area contributed by atoms with E-state index < -0.39 is 5.54 Å². The van der Waals surface area contributed by atoms with Crippen molar-refractivity contribution >= 4 is 17.7 Å². The number of carbonyl (C=O) groups is 1. The van der Waals surface area contributed by atoms with Crippen LogP contribution in [0.3, 0.4) is 0 Å². The summed E-state index contributed by atoms with van der Waals surface area (Å²) in [7, 11) is 3.81. The number of primary amides is 1.